The minimum absolute atomic E-state index is 0.0757. The fourth-order valence-electron chi connectivity index (χ4n) is 4.67. The molecule has 1 aromatic heterocycles. The summed E-state index contributed by atoms with van der Waals surface area (Å²) in [5.41, 5.74) is 0.982. The van der Waals surface area contributed by atoms with Crippen molar-refractivity contribution in [2.75, 3.05) is 13.2 Å². The summed E-state index contributed by atoms with van der Waals surface area (Å²) in [7, 11) is 0. The van der Waals surface area contributed by atoms with Crippen LogP contribution in [-0.2, 0) is 20.9 Å². The Morgan fingerprint density at radius 3 is 2.33 bits per heavy atom. The second kappa shape index (κ2) is 14.4. The lowest BCUT2D eigenvalue weighted by Gasteiger charge is -2.31. The summed E-state index contributed by atoms with van der Waals surface area (Å²) in [6.07, 6.45) is 1.88. The molecule has 2 aromatic rings. The largest absolute Gasteiger partial charge is 0.491 e. The van der Waals surface area contributed by atoms with Crippen LogP contribution in [-0.4, -0.2) is 64.9 Å². The van der Waals surface area contributed by atoms with E-state index in [-0.39, 0.29) is 35.8 Å². The highest BCUT2D eigenvalue weighted by atomic mass is 16.5. The summed E-state index contributed by atoms with van der Waals surface area (Å²) in [5.74, 6) is -1.25. The number of carbonyl (C=O) groups excluding carboxylic acids is 4. The van der Waals surface area contributed by atoms with Crippen LogP contribution in [0.3, 0.4) is 0 Å². The molecule has 3 amide bonds. The number of pyridine rings is 1. The highest BCUT2D eigenvalue weighted by molar-refractivity contribution is 6.03. The number of likely N-dealkylation sites (tertiary alicyclic amines) is 1. The van der Waals surface area contributed by atoms with Gasteiger partial charge in [-0.1, -0.05) is 58.0 Å². The number of aromatic nitrogens is 1. The standard InChI is InChI=1S/C30H40N4O6/c1-6-39-23-15-10-16-31-26(23)27(35)24(19(2)3)32-28(36)22-14-11-17-34(22)29(37)25(20(4)5)33-30(38)40-18-21-12-8-7-9-13-21/h7-10,12-13,15-16,19-20,22,24-25H,6,11,14,17-18H2,1-5H3,(H,32,36)(H,33,38). The van der Waals surface area contributed by atoms with Crippen molar-refractivity contribution in [2.45, 2.75) is 72.2 Å². The van der Waals surface area contributed by atoms with Crippen LogP contribution in [0, 0.1) is 11.8 Å². The topological polar surface area (TPSA) is 127 Å². The molecule has 0 spiro atoms. The lowest BCUT2D eigenvalue weighted by Crippen LogP contribution is -2.57. The van der Waals surface area contributed by atoms with Crippen LogP contribution in [0.25, 0.3) is 0 Å². The minimum Gasteiger partial charge on any atom is -0.491 e. The van der Waals surface area contributed by atoms with Gasteiger partial charge >= 0.3 is 6.09 Å². The monoisotopic (exact) mass is 552 g/mol. The van der Waals surface area contributed by atoms with E-state index in [9.17, 15) is 19.2 Å². The molecule has 216 valence electrons. The van der Waals surface area contributed by atoms with Crippen molar-refractivity contribution >= 4 is 23.7 Å². The van der Waals surface area contributed by atoms with Gasteiger partial charge in [0.25, 0.3) is 0 Å². The predicted molar refractivity (Wildman–Crippen MR) is 150 cm³/mol. The number of ketones is 1. The second-order valence-corrected chi connectivity index (χ2v) is 10.5. The number of carbonyl (C=O) groups is 4. The van der Waals surface area contributed by atoms with Crippen molar-refractivity contribution in [3.63, 3.8) is 0 Å². The lowest BCUT2D eigenvalue weighted by molar-refractivity contribution is -0.141. The predicted octanol–water partition coefficient (Wildman–Crippen LogP) is 3.75. The van der Waals surface area contributed by atoms with Gasteiger partial charge in [-0.05, 0) is 49.3 Å². The Morgan fingerprint density at radius 2 is 1.68 bits per heavy atom. The van der Waals surface area contributed by atoms with Crippen molar-refractivity contribution in [1.29, 1.82) is 0 Å². The van der Waals surface area contributed by atoms with Crippen LogP contribution in [0.4, 0.5) is 4.79 Å². The number of nitrogens with one attached hydrogen (secondary N) is 2. The quantitative estimate of drug-likeness (QED) is 0.384. The highest BCUT2D eigenvalue weighted by Crippen LogP contribution is 2.23. The SMILES string of the molecule is CCOc1cccnc1C(=O)C(NC(=O)C1CCCN1C(=O)C(NC(=O)OCc1ccccc1)C(C)C)C(C)C. The van der Waals surface area contributed by atoms with Crippen molar-refractivity contribution in [3.05, 3.63) is 59.9 Å². The Kier molecular flexibility index (Phi) is 11.0. The minimum atomic E-state index is -0.874. The van der Waals surface area contributed by atoms with Gasteiger partial charge in [-0.3, -0.25) is 14.4 Å². The summed E-state index contributed by atoms with van der Waals surface area (Å²) < 4.78 is 10.9. The van der Waals surface area contributed by atoms with Gasteiger partial charge in [0, 0.05) is 12.7 Å². The molecule has 2 heterocycles. The molecule has 1 fully saturated rings. The number of benzene rings is 1. The van der Waals surface area contributed by atoms with E-state index in [1.807, 2.05) is 65.0 Å². The number of Topliss-reactive ketones (excluding diaryl/α,β-unsaturated/α-hetero) is 1. The first-order valence-electron chi connectivity index (χ1n) is 13.8. The van der Waals surface area contributed by atoms with Crippen LogP contribution in [0.2, 0.25) is 0 Å². The Labute approximate surface area is 235 Å². The third kappa shape index (κ3) is 7.80. The molecular formula is C30H40N4O6. The lowest BCUT2D eigenvalue weighted by atomic mass is 9.96. The number of nitrogens with zero attached hydrogens (tertiary/aromatic N) is 2. The van der Waals surface area contributed by atoms with Gasteiger partial charge in [0.05, 0.1) is 12.6 Å². The number of alkyl carbamates (subject to hydrolysis) is 1. The van der Waals surface area contributed by atoms with E-state index >= 15 is 0 Å². The number of rotatable bonds is 12. The maximum Gasteiger partial charge on any atom is 0.408 e. The van der Waals surface area contributed by atoms with Crippen LogP contribution in [0.15, 0.2) is 48.7 Å². The normalized spacial score (nSPS) is 16.4. The molecular weight excluding hydrogens is 512 g/mol. The van der Waals surface area contributed by atoms with Gasteiger partial charge in [0.15, 0.2) is 5.69 Å². The smallest absolute Gasteiger partial charge is 0.408 e. The van der Waals surface area contributed by atoms with Gasteiger partial charge < -0.3 is 25.0 Å². The average molecular weight is 553 g/mol. The molecule has 1 aliphatic heterocycles. The third-order valence-corrected chi connectivity index (χ3v) is 6.81. The highest BCUT2D eigenvalue weighted by Gasteiger charge is 2.40. The van der Waals surface area contributed by atoms with Crippen molar-refractivity contribution in [2.24, 2.45) is 11.8 Å². The fourth-order valence-corrected chi connectivity index (χ4v) is 4.67. The van der Waals surface area contributed by atoms with Gasteiger partial charge in [-0.2, -0.15) is 0 Å². The second-order valence-electron chi connectivity index (χ2n) is 10.5. The van der Waals surface area contributed by atoms with E-state index in [4.69, 9.17) is 9.47 Å². The molecule has 0 radical (unpaired) electrons. The molecule has 0 aliphatic carbocycles. The molecule has 0 bridgehead atoms. The number of amides is 3. The van der Waals surface area contributed by atoms with Crippen molar-refractivity contribution < 1.29 is 28.7 Å². The average Bonchev–Trinajstić information content (AvgIpc) is 3.44. The molecule has 1 aromatic carbocycles. The molecule has 10 heteroatoms. The summed E-state index contributed by atoms with van der Waals surface area (Å²) in [6, 6.07) is 10.1. The zero-order chi connectivity index (χ0) is 29.2. The van der Waals surface area contributed by atoms with E-state index < -0.39 is 30.1 Å². The third-order valence-electron chi connectivity index (χ3n) is 6.81. The maximum absolute atomic E-state index is 13.6. The van der Waals surface area contributed by atoms with Crippen LogP contribution in [0.1, 0.15) is 63.5 Å². The summed E-state index contributed by atoms with van der Waals surface area (Å²) >= 11 is 0. The first-order chi connectivity index (χ1) is 19.1. The molecule has 1 saturated heterocycles. The Bertz CT molecular complexity index is 1170. The molecule has 3 unspecified atom stereocenters. The van der Waals surface area contributed by atoms with Crippen LogP contribution >= 0.6 is 0 Å². The first kappa shape index (κ1) is 30.6. The summed E-state index contributed by atoms with van der Waals surface area (Å²) in [4.78, 5) is 58.7. The van der Waals surface area contributed by atoms with E-state index in [0.29, 0.717) is 31.7 Å². The van der Waals surface area contributed by atoms with Crippen molar-refractivity contribution in [1.82, 2.24) is 20.5 Å². The van der Waals surface area contributed by atoms with Gasteiger partial charge in [-0.25, -0.2) is 9.78 Å². The van der Waals surface area contributed by atoms with Gasteiger partial charge in [-0.15, -0.1) is 0 Å². The van der Waals surface area contributed by atoms with Gasteiger partial charge in [0.2, 0.25) is 17.6 Å². The summed E-state index contributed by atoms with van der Waals surface area (Å²) in [5, 5.41) is 5.55. The fraction of sp³-hybridized carbons (Fsp3) is 0.500. The van der Waals surface area contributed by atoms with Crippen LogP contribution in [0.5, 0.6) is 5.75 Å². The molecule has 10 nitrogen and oxygen atoms in total. The van der Waals surface area contributed by atoms with E-state index in [0.717, 1.165) is 5.56 Å². The molecule has 40 heavy (non-hydrogen) atoms. The van der Waals surface area contributed by atoms with E-state index in [1.54, 1.807) is 12.1 Å². The number of ether oxygens (including phenoxy) is 2. The van der Waals surface area contributed by atoms with Gasteiger partial charge in [0.1, 0.15) is 24.4 Å². The molecule has 0 saturated carbocycles. The number of hydrogen-bond donors (Lipinski definition) is 2. The van der Waals surface area contributed by atoms with E-state index in [1.165, 1.54) is 11.1 Å². The Balaban J connectivity index is 1.69. The Morgan fingerprint density at radius 1 is 0.975 bits per heavy atom. The molecule has 3 rings (SSSR count). The zero-order valence-electron chi connectivity index (χ0n) is 23.9. The Hall–Kier alpha value is -3.95. The van der Waals surface area contributed by atoms with E-state index in [2.05, 4.69) is 15.6 Å². The van der Waals surface area contributed by atoms with Crippen LogP contribution < -0.4 is 15.4 Å². The number of hydrogen-bond acceptors (Lipinski definition) is 7. The maximum atomic E-state index is 13.6. The first-order valence-corrected chi connectivity index (χ1v) is 13.8. The molecule has 1 aliphatic rings. The van der Waals surface area contributed by atoms with Crippen molar-refractivity contribution in [3.8, 4) is 5.75 Å². The summed E-state index contributed by atoms with van der Waals surface area (Å²) in [6.45, 7) is 9.95. The molecule has 2 N–H and O–H groups in total. The molecule has 3 atom stereocenters. The zero-order valence-corrected chi connectivity index (χ0v) is 23.9.